The summed E-state index contributed by atoms with van der Waals surface area (Å²) in [4.78, 5) is 8.78. The number of hydrogen-bond donors (Lipinski definition) is 1. The number of thiazole rings is 2. The van der Waals surface area contributed by atoms with Gasteiger partial charge in [-0.25, -0.2) is 9.97 Å². The maximum Gasteiger partial charge on any atom is 0.184 e. The molecule has 1 N–H and O–H groups in total. The van der Waals surface area contributed by atoms with Gasteiger partial charge in [0.25, 0.3) is 0 Å². The number of fused-ring (bicyclic) bond motifs is 1. The molecule has 6 heteroatoms. The molecule has 0 unspecified atom stereocenters. The van der Waals surface area contributed by atoms with Gasteiger partial charge in [-0.1, -0.05) is 11.3 Å². The van der Waals surface area contributed by atoms with E-state index in [-0.39, 0.29) is 0 Å². The van der Waals surface area contributed by atoms with Crippen LogP contribution in [0, 0.1) is 0 Å². The Labute approximate surface area is 119 Å². The predicted molar refractivity (Wildman–Crippen MR) is 80.2 cm³/mol. The summed E-state index contributed by atoms with van der Waals surface area (Å²) in [6.45, 7) is 3.38. The second kappa shape index (κ2) is 5.54. The minimum atomic E-state index is 0.680. The van der Waals surface area contributed by atoms with Crippen LogP contribution in [-0.4, -0.2) is 16.6 Å². The maximum atomic E-state index is 5.49. The average Bonchev–Trinajstić information content (AvgIpc) is 3.05. The van der Waals surface area contributed by atoms with Crippen LogP contribution in [0.25, 0.3) is 10.2 Å². The van der Waals surface area contributed by atoms with Gasteiger partial charge in [0.05, 0.1) is 23.4 Å². The van der Waals surface area contributed by atoms with Gasteiger partial charge in [-0.05, 0) is 25.1 Å². The molecule has 3 aromatic rings. The normalized spacial score (nSPS) is 10.8. The van der Waals surface area contributed by atoms with Crippen molar-refractivity contribution in [2.45, 2.75) is 13.5 Å². The van der Waals surface area contributed by atoms with E-state index in [1.54, 1.807) is 22.7 Å². The summed E-state index contributed by atoms with van der Waals surface area (Å²) in [5.74, 6) is 0.894. The van der Waals surface area contributed by atoms with E-state index in [0.717, 1.165) is 32.7 Å². The Kier molecular flexibility index (Phi) is 3.61. The Morgan fingerprint density at radius 3 is 3.11 bits per heavy atom. The Morgan fingerprint density at radius 1 is 1.37 bits per heavy atom. The van der Waals surface area contributed by atoms with Crippen molar-refractivity contribution in [2.75, 3.05) is 11.9 Å². The summed E-state index contributed by atoms with van der Waals surface area (Å²) in [6, 6.07) is 5.98. The largest absolute Gasteiger partial charge is 0.494 e. The van der Waals surface area contributed by atoms with Crippen molar-refractivity contribution in [1.82, 2.24) is 9.97 Å². The van der Waals surface area contributed by atoms with Gasteiger partial charge < -0.3 is 10.1 Å². The lowest BCUT2D eigenvalue weighted by Gasteiger charge is -2.00. The maximum absolute atomic E-state index is 5.49. The fourth-order valence-corrected chi connectivity index (χ4v) is 3.17. The van der Waals surface area contributed by atoms with Crippen LogP contribution in [0.5, 0.6) is 5.75 Å². The lowest BCUT2D eigenvalue weighted by atomic mass is 10.3. The molecule has 0 saturated heterocycles. The SMILES string of the molecule is CCOc1ccc2nc(NCc3nccs3)sc2c1. The van der Waals surface area contributed by atoms with Crippen LogP contribution in [0.3, 0.4) is 0 Å². The molecule has 2 heterocycles. The monoisotopic (exact) mass is 291 g/mol. The highest BCUT2D eigenvalue weighted by Gasteiger charge is 2.05. The molecule has 0 amide bonds. The van der Waals surface area contributed by atoms with Crippen molar-refractivity contribution in [1.29, 1.82) is 0 Å². The van der Waals surface area contributed by atoms with Gasteiger partial charge in [-0.2, -0.15) is 0 Å². The summed E-state index contributed by atoms with van der Waals surface area (Å²) in [5, 5.41) is 7.26. The van der Waals surface area contributed by atoms with E-state index >= 15 is 0 Å². The summed E-state index contributed by atoms with van der Waals surface area (Å²) < 4.78 is 6.62. The predicted octanol–water partition coefficient (Wildman–Crippen LogP) is 3.76. The number of aromatic nitrogens is 2. The Bertz CT molecular complexity index is 664. The van der Waals surface area contributed by atoms with Crippen molar-refractivity contribution >= 4 is 38.0 Å². The molecule has 98 valence electrons. The minimum absolute atomic E-state index is 0.680. The summed E-state index contributed by atoms with van der Waals surface area (Å²) in [5.41, 5.74) is 0.995. The lowest BCUT2D eigenvalue weighted by molar-refractivity contribution is 0.341. The van der Waals surface area contributed by atoms with Gasteiger partial charge >= 0.3 is 0 Å². The van der Waals surface area contributed by atoms with Crippen LogP contribution in [0.2, 0.25) is 0 Å². The van der Waals surface area contributed by atoms with E-state index in [0.29, 0.717) is 6.61 Å². The number of benzene rings is 1. The van der Waals surface area contributed by atoms with Crippen LogP contribution >= 0.6 is 22.7 Å². The number of nitrogens with one attached hydrogen (secondary N) is 1. The Hall–Kier alpha value is -1.66. The zero-order chi connectivity index (χ0) is 13.1. The Balaban J connectivity index is 1.77. The minimum Gasteiger partial charge on any atom is -0.494 e. The summed E-state index contributed by atoms with van der Waals surface area (Å²) >= 11 is 3.28. The number of nitrogens with zero attached hydrogens (tertiary/aromatic N) is 2. The van der Waals surface area contributed by atoms with Crippen molar-refractivity contribution in [2.24, 2.45) is 0 Å². The highest BCUT2D eigenvalue weighted by molar-refractivity contribution is 7.22. The van der Waals surface area contributed by atoms with E-state index in [1.165, 1.54) is 0 Å². The quantitative estimate of drug-likeness (QED) is 0.777. The molecule has 0 fully saturated rings. The van der Waals surface area contributed by atoms with Gasteiger partial charge in [0.15, 0.2) is 5.13 Å². The molecule has 19 heavy (non-hydrogen) atoms. The van der Waals surface area contributed by atoms with E-state index in [2.05, 4.69) is 15.3 Å². The van der Waals surface area contributed by atoms with Crippen LogP contribution < -0.4 is 10.1 Å². The molecular formula is C13H13N3OS2. The zero-order valence-electron chi connectivity index (χ0n) is 10.4. The number of anilines is 1. The first-order valence-electron chi connectivity index (χ1n) is 6.01. The first-order chi connectivity index (χ1) is 9.35. The lowest BCUT2D eigenvalue weighted by Crippen LogP contribution is -1.97. The van der Waals surface area contributed by atoms with E-state index in [1.807, 2.05) is 36.7 Å². The standard InChI is InChI=1S/C13H13N3OS2/c1-2-17-9-3-4-10-11(7-9)19-13(16-10)15-8-12-14-5-6-18-12/h3-7H,2,8H2,1H3,(H,15,16). The van der Waals surface area contributed by atoms with Crippen molar-refractivity contribution in [3.05, 3.63) is 34.8 Å². The van der Waals surface area contributed by atoms with Gasteiger partial charge in [-0.3, -0.25) is 0 Å². The zero-order valence-corrected chi connectivity index (χ0v) is 12.1. The van der Waals surface area contributed by atoms with E-state index < -0.39 is 0 Å². The van der Waals surface area contributed by atoms with Crippen molar-refractivity contribution in [3.8, 4) is 5.75 Å². The molecule has 3 rings (SSSR count). The van der Waals surface area contributed by atoms with Gasteiger partial charge in [-0.15, -0.1) is 11.3 Å². The van der Waals surface area contributed by atoms with Crippen LogP contribution in [0.15, 0.2) is 29.8 Å². The van der Waals surface area contributed by atoms with Gasteiger partial charge in [0.1, 0.15) is 10.8 Å². The highest BCUT2D eigenvalue weighted by Crippen LogP contribution is 2.29. The fourth-order valence-electron chi connectivity index (χ4n) is 1.73. The van der Waals surface area contributed by atoms with Gasteiger partial charge in [0.2, 0.25) is 0 Å². The molecule has 0 aliphatic carbocycles. The number of ether oxygens (including phenoxy) is 1. The summed E-state index contributed by atoms with van der Waals surface area (Å²) in [7, 11) is 0. The van der Waals surface area contributed by atoms with Crippen LogP contribution in [-0.2, 0) is 6.54 Å². The third-order valence-electron chi connectivity index (χ3n) is 2.55. The smallest absolute Gasteiger partial charge is 0.184 e. The van der Waals surface area contributed by atoms with E-state index in [4.69, 9.17) is 4.74 Å². The highest BCUT2D eigenvalue weighted by atomic mass is 32.1. The first kappa shape index (κ1) is 12.4. The molecule has 0 atom stereocenters. The molecule has 0 aliphatic heterocycles. The molecular weight excluding hydrogens is 278 g/mol. The fraction of sp³-hybridized carbons (Fsp3) is 0.231. The molecule has 2 aromatic heterocycles. The van der Waals surface area contributed by atoms with Crippen LogP contribution in [0.4, 0.5) is 5.13 Å². The third-order valence-corrected chi connectivity index (χ3v) is 4.30. The topological polar surface area (TPSA) is 47.0 Å². The summed E-state index contributed by atoms with van der Waals surface area (Å²) in [6.07, 6.45) is 1.81. The molecule has 4 nitrogen and oxygen atoms in total. The number of rotatable bonds is 5. The molecule has 0 saturated carbocycles. The molecule has 0 bridgehead atoms. The molecule has 0 spiro atoms. The van der Waals surface area contributed by atoms with E-state index in [9.17, 15) is 0 Å². The molecule has 0 aliphatic rings. The first-order valence-corrected chi connectivity index (χ1v) is 7.70. The van der Waals surface area contributed by atoms with Crippen LogP contribution in [0.1, 0.15) is 11.9 Å². The molecule has 0 radical (unpaired) electrons. The second-order valence-electron chi connectivity index (χ2n) is 3.86. The average molecular weight is 291 g/mol. The Morgan fingerprint density at radius 2 is 2.32 bits per heavy atom. The van der Waals surface area contributed by atoms with Crippen molar-refractivity contribution < 1.29 is 4.74 Å². The third kappa shape index (κ3) is 2.85. The second-order valence-corrected chi connectivity index (χ2v) is 5.87. The van der Waals surface area contributed by atoms with Crippen molar-refractivity contribution in [3.63, 3.8) is 0 Å². The molecule has 1 aromatic carbocycles. The van der Waals surface area contributed by atoms with Gasteiger partial charge in [0, 0.05) is 11.6 Å². The number of hydrogen-bond acceptors (Lipinski definition) is 6.